The van der Waals surface area contributed by atoms with Crippen molar-refractivity contribution in [2.75, 3.05) is 7.05 Å². The molecule has 0 fully saturated rings. The molecule has 0 aromatic heterocycles. The Hall–Kier alpha value is -1.05. The van der Waals surface area contributed by atoms with Crippen LogP contribution in [-0.2, 0) is 16.6 Å². The third-order valence-corrected chi connectivity index (χ3v) is 5.47. The predicted molar refractivity (Wildman–Crippen MR) is 71.5 cm³/mol. The van der Waals surface area contributed by atoms with Crippen LogP contribution < -0.4 is 0 Å². The molecule has 0 aliphatic heterocycles. The zero-order valence-electron chi connectivity index (χ0n) is 11.9. The molecule has 0 aliphatic carbocycles. The first kappa shape index (κ1) is 17.0. The van der Waals surface area contributed by atoms with Crippen LogP contribution in [0.1, 0.15) is 26.3 Å². The van der Waals surface area contributed by atoms with E-state index in [1.165, 1.54) is 7.05 Å². The Morgan fingerprint density at radius 2 is 1.80 bits per heavy atom. The minimum absolute atomic E-state index is 0.0376. The largest absolute Gasteiger partial charge is 0.391 e. The van der Waals surface area contributed by atoms with Crippen molar-refractivity contribution >= 4 is 10.0 Å². The van der Waals surface area contributed by atoms with Crippen molar-refractivity contribution in [3.8, 4) is 0 Å². The van der Waals surface area contributed by atoms with Gasteiger partial charge in [-0.15, -0.1) is 0 Å². The van der Waals surface area contributed by atoms with Gasteiger partial charge in [-0.1, -0.05) is 13.8 Å². The molecular formula is C13H19F2NO3S. The van der Waals surface area contributed by atoms with Gasteiger partial charge in [0, 0.05) is 13.1 Å². The standard InChI is InChI=1S/C13H19F2NO3S/c1-8(2)9(3)16(4)20(18,19)12-6-5-11(14)10(7-17)13(12)15/h5-6,8-9,17H,7H2,1-4H3. The van der Waals surface area contributed by atoms with E-state index in [2.05, 4.69) is 0 Å². The number of aliphatic hydroxyl groups excluding tert-OH is 1. The van der Waals surface area contributed by atoms with Gasteiger partial charge in [-0.05, 0) is 25.0 Å². The summed E-state index contributed by atoms with van der Waals surface area (Å²) in [5, 5.41) is 8.94. The van der Waals surface area contributed by atoms with Crippen molar-refractivity contribution in [1.29, 1.82) is 0 Å². The predicted octanol–water partition coefficient (Wildman–Crippen LogP) is 2.12. The number of sulfonamides is 1. The van der Waals surface area contributed by atoms with Crippen molar-refractivity contribution in [2.24, 2.45) is 5.92 Å². The molecule has 4 nitrogen and oxygen atoms in total. The van der Waals surface area contributed by atoms with Crippen LogP contribution in [0.4, 0.5) is 8.78 Å². The third kappa shape index (κ3) is 2.99. The van der Waals surface area contributed by atoms with Crippen molar-refractivity contribution in [3.05, 3.63) is 29.3 Å². The van der Waals surface area contributed by atoms with E-state index < -0.39 is 38.7 Å². The van der Waals surface area contributed by atoms with Crippen LogP contribution in [0.2, 0.25) is 0 Å². The Balaban J connectivity index is 3.37. The van der Waals surface area contributed by atoms with Crippen LogP contribution >= 0.6 is 0 Å². The van der Waals surface area contributed by atoms with Gasteiger partial charge in [0.05, 0.1) is 12.2 Å². The maximum absolute atomic E-state index is 14.0. The average molecular weight is 307 g/mol. The highest BCUT2D eigenvalue weighted by Gasteiger charge is 2.31. The Labute approximate surface area is 118 Å². The van der Waals surface area contributed by atoms with Gasteiger partial charge in [-0.2, -0.15) is 4.31 Å². The summed E-state index contributed by atoms with van der Waals surface area (Å²) in [6.07, 6.45) is 0. The van der Waals surface area contributed by atoms with Gasteiger partial charge >= 0.3 is 0 Å². The van der Waals surface area contributed by atoms with E-state index in [9.17, 15) is 17.2 Å². The maximum atomic E-state index is 14.0. The fraction of sp³-hybridized carbons (Fsp3) is 0.538. The molecule has 1 aromatic rings. The zero-order chi connectivity index (χ0) is 15.7. The average Bonchev–Trinajstić information content (AvgIpc) is 2.36. The molecule has 0 saturated carbocycles. The first-order valence-corrected chi connectivity index (χ1v) is 7.64. The summed E-state index contributed by atoms with van der Waals surface area (Å²) in [5.41, 5.74) is -0.642. The van der Waals surface area contributed by atoms with Crippen LogP contribution in [0.25, 0.3) is 0 Å². The number of rotatable bonds is 5. The van der Waals surface area contributed by atoms with Crippen molar-refractivity contribution in [1.82, 2.24) is 4.31 Å². The number of aliphatic hydroxyl groups is 1. The summed E-state index contributed by atoms with van der Waals surface area (Å²) in [7, 11) is -2.73. The van der Waals surface area contributed by atoms with E-state index in [4.69, 9.17) is 5.11 Å². The third-order valence-electron chi connectivity index (χ3n) is 3.50. The zero-order valence-corrected chi connectivity index (χ0v) is 12.7. The molecule has 0 heterocycles. The van der Waals surface area contributed by atoms with Crippen molar-refractivity contribution < 1.29 is 22.3 Å². The fourth-order valence-electron chi connectivity index (χ4n) is 1.71. The number of nitrogens with zero attached hydrogens (tertiary/aromatic N) is 1. The van der Waals surface area contributed by atoms with Gasteiger partial charge < -0.3 is 5.11 Å². The topological polar surface area (TPSA) is 57.6 Å². The number of hydrogen-bond donors (Lipinski definition) is 1. The first-order valence-electron chi connectivity index (χ1n) is 6.20. The van der Waals surface area contributed by atoms with Gasteiger partial charge in [-0.3, -0.25) is 0 Å². The second kappa shape index (κ2) is 6.15. The number of halogens is 2. The van der Waals surface area contributed by atoms with Gasteiger partial charge in [-0.25, -0.2) is 17.2 Å². The summed E-state index contributed by atoms with van der Waals surface area (Å²) in [6, 6.07) is 1.37. The van der Waals surface area contributed by atoms with Gasteiger partial charge in [0.1, 0.15) is 10.7 Å². The molecule has 20 heavy (non-hydrogen) atoms. The van der Waals surface area contributed by atoms with Crippen molar-refractivity contribution in [2.45, 2.75) is 38.3 Å². The van der Waals surface area contributed by atoms with Crippen LogP contribution in [0, 0.1) is 17.6 Å². The lowest BCUT2D eigenvalue weighted by atomic mass is 10.1. The molecule has 0 bridgehead atoms. The van der Waals surface area contributed by atoms with E-state index in [0.29, 0.717) is 0 Å². The molecule has 0 aliphatic rings. The summed E-state index contributed by atoms with van der Waals surface area (Å²) in [6.45, 7) is 4.49. The molecule has 1 N–H and O–H groups in total. The first-order chi connectivity index (χ1) is 9.14. The van der Waals surface area contributed by atoms with Crippen LogP contribution in [0.5, 0.6) is 0 Å². The van der Waals surface area contributed by atoms with Crippen molar-refractivity contribution in [3.63, 3.8) is 0 Å². The summed E-state index contributed by atoms with van der Waals surface area (Å²) >= 11 is 0. The van der Waals surface area contributed by atoms with E-state index in [-0.39, 0.29) is 12.0 Å². The summed E-state index contributed by atoms with van der Waals surface area (Å²) in [4.78, 5) is -0.627. The SMILES string of the molecule is CC(C)C(C)N(C)S(=O)(=O)c1ccc(F)c(CO)c1F. The Bertz CT molecular complexity index is 588. The normalized spacial score (nSPS) is 14.1. The Kier molecular flexibility index (Phi) is 5.23. The monoisotopic (exact) mass is 307 g/mol. The van der Waals surface area contributed by atoms with E-state index >= 15 is 0 Å². The lowest BCUT2D eigenvalue weighted by Crippen LogP contribution is -2.38. The van der Waals surface area contributed by atoms with E-state index in [0.717, 1.165) is 16.4 Å². The maximum Gasteiger partial charge on any atom is 0.245 e. The molecule has 1 atom stereocenters. The molecule has 1 rings (SSSR count). The molecule has 7 heteroatoms. The highest BCUT2D eigenvalue weighted by molar-refractivity contribution is 7.89. The molecule has 1 aromatic carbocycles. The second-order valence-corrected chi connectivity index (χ2v) is 6.97. The molecule has 0 spiro atoms. The molecule has 0 saturated heterocycles. The minimum Gasteiger partial charge on any atom is -0.391 e. The van der Waals surface area contributed by atoms with Gasteiger partial charge in [0.15, 0.2) is 5.82 Å². The Morgan fingerprint density at radius 1 is 1.25 bits per heavy atom. The van der Waals surface area contributed by atoms with Gasteiger partial charge in [0.2, 0.25) is 10.0 Å². The highest BCUT2D eigenvalue weighted by atomic mass is 32.2. The molecule has 1 unspecified atom stereocenters. The smallest absolute Gasteiger partial charge is 0.245 e. The molecule has 0 radical (unpaired) electrons. The lowest BCUT2D eigenvalue weighted by Gasteiger charge is -2.27. The van der Waals surface area contributed by atoms with Crippen LogP contribution in [-0.4, -0.2) is 30.9 Å². The van der Waals surface area contributed by atoms with Crippen LogP contribution in [0.3, 0.4) is 0 Å². The van der Waals surface area contributed by atoms with Crippen LogP contribution in [0.15, 0.2) is 17.0 Å². The summed E-state index contributed by atoms with van der Waals surface area (Å²) in [5.74, 6) is -2.17. The molecule has 0 amide bonds. The molecule has 114 valence electrons. The van der Waals surface area contributed by atoms with E-state index in [1.54, 1.807) is 6.92 Å². The summed E-state index contributed by atoms with van der Waals surface area (Å²) < 4.78 is 53.1. The van der Waals surface area contributed by atoms with E-state index in [1.807, 2.05) is 13.8 Å². The van der Waals surface area contributed by atoms with Gasteiger partial charge in [0.25, 0.3) is 0 Å². The minimum atomic E-state index is -4.08. The number of hydrogen-bond acceptors (Lipinski definition) is 3. The highest BCUT2D eigenvalue weighted by Crippen LogP contribution is 2.25. The fourth-order valence-corrected chi connectivity index (χ4v) is 3.30. The molecular weight excluding hydrogens is 288 g/mol. The second-order valence-electron chi connectivity index (χ2n) is 5.00. The quantitative estimate of drug-likeness (QED) is 0.906. The lowest BCUT2D eigenvalue weighted by molar-refractivity contribution is 0.267. The Morgan fingerprint density at radius 3 is 2.25 bits per heavy atom. The number of benzene rings is 1.